The van der Waals surface area contributed by atoms with Crippen molar-refractivity contribution in [2.45, 2.75) is 6.92 Å². The molecule has 1 aromatic rings. The summed E-state index contributed by atoms with van der Waals surface area (Å²) in [5.74, 6) is 0. The van der Waals surface area contributed by atoms with Crippen LogP contribution in [0.1, 0.15) is 5.56 Å². The molecule has 0 atom stereocenters. The minimum atomic E-state index is -0.484. The average molecular weight is 250 g/mol. The summed E-state index contributed by atoms with van der Waals surface area (Å²) in [7, 11) is 0. The van der Waals surface area contributed by atoms with Gasteiger partial charge in [-0.15, -0.1) is 0 Å². The van der Waals surface area contributed by atoms with Crippen LogP contribution >= 0.6 is 27.5 Å². The van der Waals surface area contributed by atoms with Gasteiger partial charge >= 0.3 is 0 Å². The van der Waals surface area contributed by atoms with Gasteiger partial charge < -0.3 is 0 Å². The SMILES string of the molecule is Cc1c(Br)ccc(Cl)c1[N+](=O)[O-]. The molecule has 0 saturated carbocycles. The number of hydrogen-bond acceptors (Lipinski definition) is 2. The summed E-state index contributed by atoms with van der Waals surface area (Å²) >= 11 is 8.82. The number of rotatable bonds is 1. The summed E-state index contributed by atoms with van der Waals surface area (Å²) in [6.45, 7) is 1.65. The molecule has 1 aromatic carbocycles. The predicted octanol–water partition coefficient (Wildman–Crippen LogP) is 3.32. The highest BCUT2D eigenvalue weighted by Gasteiger charge is 2.17. The molecule has 0 bridgehead atoms. The number of hydrogen-bond donors (Lipinski definition) is 0. The Morgan fingerprint density at radius 2 is 2.17 bits per heavy atom. The molecule has 0 fully saturated rings. The molecule has 0 saturated heterocycles. The van der Waals surface area contributed by atoms with Crippen LogP contribution in [0.3, 0.4) is 0 Å². The maximum absolute atomic E-state index is 10.5. The van der Waals surface area contributed by atoms with Gasteiger partial charge in [-0.05, 0) is 19.1 Å². The highest BCUT2D eigenvalue weighted by molar-refractivity contribution is 9.10. The standard InChI is InChI=1S/C7H5BrClNO2/c1-4-5(8)2-3-6(9)7(4)10(11)12/h2-3H,1H3. The number of nitro benzene ring substituents is 1. The van der Waals surface area contributed by atoms with Gasteiger partial charge in [0.15, 0.2) is 0 Å². The molecule has 0 radical (unpaired) electrons. The van der Waals surface area contributed by atoms with Crippen LogP contribution in [-0.4, -0.2) is 4.92 Å². The normalized spacial score (nSPS) is 9.92. The lowest BCUT2D eigenvalue weighted by Gasteiger charge is -2.00. The molecular weight excluding hydrogens is 245 g/mol. The summed E-state index contributed by atoms with van der Waals surface area (Å²) in [6, 6.07) is 3.18. The Balaban J connectivity index is 3.43. The van der Waals surface area contributed by atoms with Crippen LogP contribution in [0.5, 0.6) is 0 Å². The van der Waals surface area contributed by atoms with E-state index >= 15 is 0 Å². The number of nitrogens with zero attached hydrogens (tertiary/aromatic N) is 1. The van der Waals surface area contributed by atoms with Gasteiger partial charge in [0.05, 0.1) is 4.92 Å². The third-order valence-corrected chi connectivity index (χ3v) is 2.66. The fourth-order valence-electron chi connectivity index (χ4n) is 0.867. The third-order valence-electron chi connectivity index (χ3n) is 1.50. The zero-order valence-corrected chi connectivity index (χ0v) is 8.52. The summed E-state index contributed by atoms with van der Waals surface area (Å²) < 4.78 is 0.693. The summed E-state index contributed by atoms with van der Waals surface area (Å²) in [5, 5.41) is 10.7. The number of halogens is 2. The summed E-state index contributed by atoms with van der Waals surface area (Å²) in [5.41, 5.74) is 0.513. The molecule has 0 N–H and O–H groups in total. The van der Waals surface area contributed by atoms with Gasteiger partial charge in [0.2, 0.25) is 0 Å². The molecule has 12 heavy (non-hydrogen) atoms. The second-order valence-corrected chi connectivity index (χ2v) is 3.52. The first-order valence-electron chi connectivity index (χ1n) is 3.13. The van der Waals surface area contributed by atoms with E-state index in [1.807, 2.05) is 0 Å². The lowest BCUT2D eigenvalue weighted by Crippen LogP contribution is -1.93. The molecule has 0 aliphatic carbocycles. The Morgan fingerprint density at radius 1 is 1.58 bits per heavy atom. The van der Waals surface area contributed by atoms with Gasteiger partial charge in [-0.2, -0.15) is 0 Å². The Morgan fingerprint density at radius 3 is 2.58 bits per heavy atom. The van der Waals surface area contributed by atoms with Crippen LogP contribution in [0.2, 0.25) is 5.02 Å². The molecule has 0 heterocycles. The van der Waals surface area contributed by atoms with Crippen molar-refractivity contribution in [3.05, 3.63) is 37.3 Å². The maximum Gasteiger partial charge on any atom is 0.291 e. The highest BCUT2D eigenvalue weighted by atomic mass is 79.9. The highest BCUT2D eigenvalue weighted by Crippen LogP contribution is 2.32. The third kappa shape index (κ3) is 1.59. The topological polar surface area (TPSA) is 43.1 Å². The first-order valence-corrected chi connectivity index (χ1v) is 4.30. The number of nitro groups is 1. The van der Waals surface area contributed by atoms with E-state index in [0.29, 0.717) is 10.0 Å². The van der Waals surface area contributed by atoms with Crippen LogP contribution in [0.15, 0.2) is 16.6 Å². The van der Waals surface area contributed by atoms with E-state index < -0.39 is 4.92 Å². The molecule has 0 aliphatic rings. The molecule has 0 aromatic heterocycles. The zero-order valence-electron chi connectivity index (χ0n) is 6.17. The van der Waals surface area contributed by atoms with E-state index in [0.717, 1.165) is 0 Å². The van der Waals surface area contributed by atoms with E-state index in [1.54, 1.807) is 13.0 Å². The predicted molar refractivity (Wildman–Crippen MR) is 50.5 cm³/mol. The average Bonchev–Trinajstić information content (AvgIpc) is 1.97. The Hall–Kier alpha value is -0.610. The Kier molecular flexibility index (Phi) is 2.69. The Labute approximate surface area is 82.6 Å². The molecule has 1 rings (SSSR count). The lowest BCUT2D eigenvalue weighted by molar-refractivity contribution is -0.385. The van der Waals surface area contributed by atoms with E-state index in [2.05, 4.69) is 15.9 Å². The minimum absolute atomic E-state index is 0.0361. The maximum atomic E-state index is 10.5. The second kappa shape index (κ2) is 3.41. The second-order valence-electron chi connectivity index (χ2n) is 2.26. The van der Waals surface area contributed by atoms with E-state index in [4.69, 9.17) is 11.6 Å². The summed E-state index contributed by atoms with van der Waals surface area (Å²) in [6.07, 6.45) is 0. The van der Waals surface area contributed by atoms with Crippen LogP contribution in [-0.2, 0) is 0 Å². The van der Waals surface area contributed by atoms with Crippen molar-refractivity contribution in [3.8, 4) is 0 Å². The van der Waals surface area contributed by atoms with Gasteiger partial charge in [-0.25, -0.2) is 0 Å². The summed E-state index contributed by atoms with van der Waals surface area (Å²) in [4.78, 5) is 10.0. The molecular formula is C7H5BrClNO2. The van der Waals surface area contributed by atoms with Crippen LogP contribution in [0.4, 0.5) is 5.69 Å². The molecule has 3 nitrogen and oxygen atoms in total. The van der Waals surface area contributed by atoms with Crippen LogP contribution in [0, 0.1) is 17.0 Å². The Bertz CT molecular complexity index is 340. The van der Waals surface area contributed by atoms with E-state index in [9.17, 15) is 10.1 Å². The largest absolute Gasteiger partial charge is 0.291 e. The van der Waals surface area contributed by atoms with E-state index in [-0.39, 0.29) is 10.7 Å². The lowest BCUT2D eigenvalue weighted by atomic mass is 10.2. The van der Waals surface area contributed by atoms with E-state index in [1.165, 1.54) is 6.07 Å². The van der Waals surface area contributed by atoms with Gasteiger partial charge in [-0.1, -0.05) is 27.5 Å². The zero-order chi connectivity index (χ0) is 9.30. The quantitative estimate of drug-likeness (QED) is 0.567. The first-order chi connectivity index (χ1) is 5.54. The smallest absolute Gasteiger partial charge is 0.258 e. The molecule has 0 unspecified atom stereocenters. The van der Waals surface area contributed by atoms with Crippen molar-refractivity contribution in [2.75, 3.05) is 0 Å². The van der Waals surface area contributed by atoms with Gasteiger partial charge in [0, 0.05) is 10.0 Å². The van der Waals surface area contributed by atoms with Crippen LogP contribution in [0.25, 0.3) is 0 Å². The molecule has 0 spiro atoms. The molecule has 5 heteroatoms. The monoisotopic (exact) mass is 249 g/mol. The fraction of sp³-hybridized carbons (Fsp3) is 0.143. The van der Waals surface area contributed by atoms with Crippen molar-refractivity contribution in [3.63, 3.8) is 0 Å². The van der Waals surface area contributed by atoms with Crippen molar-refractivity contribution in [2.24, 2.45) is 0 Å². The van der Waals surface area contributed by atoms with Crippen LogP contribution < -0.4 is 0 Å². The van der Waals surface area contributed by atoms with Crippen molar-refractivity contribution >= 4 is 33.2 Å². The minimum Gasteiger partial charge on any atom is -0.258 e. The van der Waals surface area contributed by atoms with Gasteiger partial charge in [-0.3, -0.25) is 10.1 Å². The van der Waals surface area contributed by atoms with Gasteiger partial charge in [0.25, 0.3) is 5.69 Å². The first kappa shape index (κ1) is 9.48. The van der Waals surface area contributed by atoms with Crippen molar-refractivity contribution in [1.82, 2.24) is 0 Å². The van der Waals surface area contributed by atoms with Crippen molar-refractivity contribution < 1.29 is 4.92 Å². The molecule has 64 valence electrons. The molecule has 0 amide bonds. The van der Waals surface area contributed by atoms with Crippen molar-refractivity contribution in [1.29, 1.82) is 0 Å². The number of benzene rings is 1. The molecule has 0 aliphatic heterocycles. The fourth-order valence-corrected chi connectivity index (χ4v) is 1.46. The van der Waals surface area contributed by atoms with Gasteiger partial charge in [0.1, 0.15) is 5.02 Å².